The zero-order chi connectivity index (χ0) is 16.4. The Balaban J connectivity index is 1.71. The molecule has 0 saturated heterocycles. The highest BCUT2D eigenvalue weighted by atomic mass is 32.1. The van der Waals surface area contributed by atoms with E-state index in [2.05, 4.69) is 35.4 Å². The van der Waals surface area contributed by atoms with Crippen LogP contribution in [0, 0.1) is 13.8 Å². The van der Waals surface area contributed by atoms with E-state index in [1.807, 2.05) is 25.1 Å². The van der Waals surface area contributed by atoms with Gasteiger partial charge < -0.3 is 10.1 Å². The molecule has 0 atom stereocenters. The maximum atomic E-state index is 11.1. The Morgan fingerprint density at radius 2 is 2.04 bits per heavy atom. The minimum atomic E-state index is -0.0773. The molecule has 2 aromatic carbocycles. The fraction of sp³-hybridized carbons (Fsp3) is 0.222. The molecule has 5 heteroatoms. The number of carbonyl (C=O) groups is 1. The number of rotatable bonds is 4. The summed E-state index contributed by atoms with van der Waals surface area (Å²) in [6.07, 6.45) is 0. The number of anilines is 1. The maximum absolute atomic E-state index is 11.1. The number of nitrogens with zero attached hydrogens (tertiary/aromatic N) is 1. The molecule has 0 aliphatic carbocycles. The molecule has 118 valence electrons. The molecule has 1 amide bonds. The summed E-state index contributed by atoms with van der Waals surface area (Å²) < 4.78 is 7.00. The average molecular weight is 326 g/mol. The maximum Gasteiger partial charge on any atom is 0.221 e. The normalized spacial score (nSPS) is 10.7. The Morgan fingerprint density at radius 3 is 2.78 bits per heavy atom. The highest BCUT2D eigenvalue weighted by molar-refractivity contribution is 7.18. The summed E-state index contributed by atoms with van der Waals surface area (Å²) in [5.74, 6) is 0.693. The van der Waals surface area contributed by atoms with E-state index in [9.17, 15) is 4.79 Å². The minimum Gasteiger partial charge on any atom is -0.486 e. The Hall–Kier alpha value is -2.40. The van der Waals surface area contributed by atoms with Crippen LogP contribution in [0.1, 0.15) is 23.1 Å². The monoisotopic (exact) mass is 326 g/mol. The highest BCUT2D eigenvalue weighted by Gasteiger charge is 2.06. The summed E-state index contributed by atoms with van der Waals surface area (Å²) in [5, 5.41) is 3.75. The lowest BCUT2D eigenvalue weighted by molar-refractivity contribution is -0.114. The SMILES string of the molecule is CC(=O)Nc1ccc(OCc2nc3cc(C)ccc3s2)cc1C. The van der Waals surface area contributed by atoms with Gasteiger partial charge in [0.1, 0.15) is 17.4 Å². The largest absolute Gasteiger partial charge is 0.486 e. The first-order chi connectivity index (χ1) is 11.0. The summed E-state index contributed by atoms with van der Waals surface area (Å²) >= 11 is 1.65. The fourth-order valence-corrected chi connectivity index (χ4v) is 3.21. The number of thiazole rings is 1. The van der Waals surface area contributed by atoms with E-state index >= 15 is 0 Å². The Kier molecular flexibility index (Phi) is 4.30. The zero-order valence-electron chi connectivity index (χ0n) is 13.3. The number of ether oxygens (including phenoxy) is 1. The molecule has 3 rings (SSSR count). The summed E-state index contributed by atoms with van der Waals surface area (Å²) in [5.41, 5.74) is 4.00. The van der Waals surface area contributed by atoms with Crippen molar-refractivity contribution in [1.29, 1.82) is 0 Å². The van der Waals surface area contributed by atoms with Crippen molar-refractivity contribution in [3.8, 4) is 5.75 Å². The van der Waals surface area contributed by atoms with E-state index in [1.165, 1.54) is 17.2 Å². The molecule has 0 fully saturated rings. The van der Waals surface area contributed by atoms with Gasteiger partial charge in [0.05, 0.1) is 10.2 Å². The van der Waals surface area contributed by atoms with E-state index in [0.717, 1.165) is 27.5 Å². The van der Waals surface area contributed by atoms with E-state index in [1.54, 1.807) is 11.3 Å². The molecule has 4 nitrogen and oxygen atoms in total. The van der Waals surface area contributed by atoms with Gasteiger partial charge in [-0.2, -0.15) is 0 Å². The van der Waals surface area contributed by atoms with Gasteiger partial charge in [0.15, 0.2) is 0 Å². The van der Waals surface area contributed by atoms with Crippen LogP contribution in [-0.4, -0.2) is 10.9 Å². The molecule has 1 N–H and O–H groups in total. The van der Waals surface area contributed by atoms with Crippen molar-refractivity contribution >= 4 is 33.1 Å². The Labute approximate surface area is 139 Å². The number of nitrogens with one attached hydrogen (secondary N) is 1. The van der Waals surface area contributed by atoms with E-state index in [0.29, 0.717) is 6.61 Å². The topological polar surface area (TPSA) is 51.2 Å². The molecule has 1 aromatic heterocycles. The molecule has 0 saturated carbocycles. The smallest absolute Gasteiger partial charge is 0.221 e. The quantitative estimate of drug-likeness (QED) is 0.770. The van der Waals surface area contributed by atoms with Gasteiger partial charge in [-0.3, -0.25) is 4.79 Å². The zero-order valence-corrected chi connectivity index (χ0v) is 14.2. The van der Waals surface area contributed by atoms with Crippen LogP contribution in [0.5, 0.6) is 5.75 Å². The highest BCUT2D eigenvalue weighted by Crippen LogP contribution is 2.26. The van der Waals surface area contributed by atoms with Gasteiger partial charge in [0.2, 0.25) is 5.91 Å². The number of carbonyl (C=O) groups excluding carboxylic acids is 1. The van der Waals surface area contributed by atoms with Crippen molar-refractivity contribution in [3.05, 3.63) is 52.5 Å². The van der Waals surface area contributed by atoms with Crippen LogP contribution < -0.4 is 10.1 Å². The number of fused-ring (bicyclic) bond motifs is 1. The van der Waals surface area contributed by atoms with Crippen molar-refractivity contribution in [2.24, 2.45) is 0 Å². The molecule has 0 radical (unpaired) electrons. The number of hydrogen-bond donors (Lipinski definition) is 1. The third-order valence-electron chi connectivity index (χ3n) is 3.46. The first kappa shape index (κ1) is 15.5. The summed E-state index contributed by atoms with van der Waals surface area (Å²) in [6.45, 7) is 5.95. The van der Waals surface area contributed by atoms with Gasteiger partial charge >= 0.3 is 0 Å². The summed E-state index contributed by atoms with van der Waals surface area (Å²) in [4.78, 5) is 15.7. The van der Waals surface area contributed by atoms with Crippen LogP contribution in [0.15, 0.2) is 36.4 Å². The fourth-order valence-electron chi connectivity index (χ4n) is 2.35. The summed E-state index contributed by atoms with van der Waals surface area (Å²) in [6, 6.07) is 11.9. The Bertz CT molecular complexity index is 871. The molecular weight excluding hydrogens is 308 g/mol. The van der Waals surface area contributed by atoms with Crippen LogP contribution >= 0.6 is 11.3 Å². The molecule has 3 aromatic rings. The third kappa shape index (κ3) is 3.68. The van der Waals surface area contributed by atoms with Crippen LogP contribution in [0.3, 0.4) is 0 Å². The van der Waals surface area contributed by atoms with Crippen molar-refractivity contribution in [3.63, 3.8) is 0 Å². The molecule has 0 unspecified atom stereocenters. The summed E-state index contributed by atoms with van der Waals surface area (Å²) in [7, 11) is 0. The van der Waals surface area contributed by atoms with Gasteiger partial charge in [0, 0.05) is 12.6 Å². The lowest BCUT2D eigenvalue weighted by Gasteiger charge is -2.09. The first-order valence-electron chi connectivity index (χ1n) is 7.38. The number of hydrogen-bond acceptors (Lipinski definition) is 4. The van der Waals surface area contributed by atoms with Gasteiger partial charge in [-0.05, 0) is 55.3 Å². The van der Waals surface area contributed by atoms with Gasteiger partial charge in [-0.25, -0.2) is 4.98 Å². The lowest BCUT2D eigenvalue weighted by Crippen LogP contribution is -2.07. The van der Waals surface area contributed by atoms with Gasteiger partial charge in [0.25, 0.3) is 0 Å². The van der Waals surface area contributed by atoms with Crippen molar-refractivity contribution in [2.75, 3.05) is 5.32 Å². The molecular formula is C18H18N2O2S. The molecule has 0 aliphatic heterocycles. The van der Waals surface area contributed by atoms with Crippen molar-refractivity contribution in [1.82, 2.24) is 4.98 Å². The van der Waals surface area contributed by atoms with Gasteiger partial charge in [-0.1, -0.05) is 6.07 Å². The predicted octanol–water partition coefficient (Wildman–Crippen LogP) is 4.45. The number of benzene rings is 2. The second kappa shape index (κ2) is 6.38. The molecule has 1 heterocycles. The van der Waals surface area contributed by atoms with E-state index in [4.69, 9.17) is 4.74 Å². The van der Waals surface area contributed by atoms with E-state index < -0.39 is 0 Å². The predicted molar refractivity (Wildman–Crippen MR) is 94.2 cm³/mol. The lowest BCUT2D eigenvalue weighted by atomic mass is 10.2. The van der Waals surface area contributed by atoms with Crippen molar-refractivity contribution < 1.29 is 9.53 Å². The second-order valence-corrected chi connectivity index (χ2v) is 6.64. The number of amides is 1. The first-order valence-corrected chi connectivity index (χ1v) is 8.20. The molecule has 23 heavy (non-hydrogen) atoms. The Morgan fingerprint density at radius 1 is 1.22 bits per heavy atom. The second-order valence-electron chi connectivity index (χ2n) is 5.53. The standard InChI is InChI=1S/C18H18N2O2S/c1-11-4-7-17-16(8-11)20-18(23-17)10-22-14-5-6-15(12(2)9-14)19-13(3)21/h4-9H,10H2,1-3H3,(H,19,21). The molecule has 0 spiro atoms. The number of aryl methyl sites for hydroxylation is 2. The average Bonchev–Trinajstić information content (AvgIpc) is 2.89. The van der Waals surface area contributed by atoms with Crippen LogP contribution in [0.2, 0.25) is 0 Å². The van der Waals surface area contributed by atoms with Crippen LogP contribution in [-0.2, 0) is 11.4 Å². The molecule has 0 bridgehead atoms. The van der Waals surface area contributed by atoms with Crippen LogP contribution in [0.4, 0.5) is 5.69 Å². The number of aromatic nitrogens is 1. The molecule has 0 aliphatic rings. The van der Waals surface area contributed by atoms with Crippen LogP contribution in [0.25, 0.3) is 10.2 Å². The third-order valence-corrected chi connectivity index (χ3v) is 4.47. The van der Waals surface area contributed by atoms with E-state index in [-0.39, 0.29) is 5.91 Å². The van der Waals surface area contributed by atoms with Gasteiger partial charge in [-0.15, -0.1) is 11.3 Å². The van der Waals surface area contributed by atoms with Crippen molar-refractivity contribution in [2.45, 2.75) is 27.4 Å². The minimum absolute atomic E-state index is 0.0773.